The average molecular weight is 425 g/mol. The molecule has 0 fully saturated rings. The first-order chi connectivity index (χ1) is 14.0. The molecule has 148 valence electrons. The number of amides is 1. The second-order valence-electron chi connectivity index (χ2n) is 6.68. The number of hydrogen-bond acceptors (Lipinski definition) is 4. The second-order valence-corrected chi connectivity index (χ2v) is 9.52. The molecular formula is C22H20N2O3S2. The van der Waals surface area contributed by atoms with Crippen LogP contribution in [0.4, 0.5) is 11.4 Å². The minimum atomic E-state index is -3.65. The topological polar surface area (TPSA) is 66.5 Å². The van der Waals surface area contributed by atoms with Crippen LogP contribution in [0.15, 0.2) is 77.0 Å². The summed E-state index contributed by atoms with van der Waals surface area (Å²) in [5.74, 6) is -0.258. The van der Waals surface area contributed by atoms with Gasteiger partial charge in [0.05, 0.1) is 10.6 Å². The maximum Gasteiger partial charge on any atom is 0.264 e. The smallest absolute Gasteiger partial charge is 0.264 e. The molecule has 1 aliphatic rings. The van der Waals surface area contributed by atoms with Gasteiger partial charge in [-0.15, -0.1) is 11.3 Å². The van der Waals surface area contributed by atoms with Crippen molar-refractivity contribution >= 4 is 44.7 Å². The lowest BCUT2D eigenvalue weighted by molar-refractivity contribution is -0.111. The van der Waals surface area contributed by atoms with Gasteiger partial charge in [-0.25, -0.2) is 8.42 Å². The number of benzene rings is 2. The van der Waals surface area contributed by atoms with Crippen molar-refractivity contribution in [3.05, 3.63) is 82.6 Å². The van der Waals surface area contributed by atoms with Crippen LogP contribution in [0.1, 0.15) is 16.9 Å². The number of aryl methyl sites for hydroxylation is 1. The summed E-state index contributed by atoms with van der Waals surface area (Å²) in [7, 11) is -3.65. The van der Waals surface area contributed by atoms with E-state index in [1.165, 1.54) is 10.4 Å². The zero-order valence-corrected chi connectivity index (χ0v) is 17.2. The van der Waals surface area contributed by atoms with Crippen LogP contribution in [0.2, 0.25) is 0 Å². The maximum atomic E-state index is 13.1. The molecule has 2 aromatic carbocycles. The van der Waals surface area contributed by atoms with Crippen molar-refractivity contribution < 1.29 is 13.2 Å². The first-order valence-electron chi connectivity index (χ1n) is 9.27. The number of thiophene rings is 1. The van der Waals surface area contributed by atoms with E-state index in [1.807, 2.05) is 29.6 Å². The lowest BCUT2D eigenvalue weighted by Gasteiger charge is -2.31. The standard InChI is InChI=1S/C22H20N2O3S2/c25-22(13-12-19-7-5-15-28-19)23-18-11-10-17-6-4-14-24(21(17)16-18)29(26,27)20-8-2-1-3-9-20/h1-3,5,7-13,15-16H,4,6,14H2,(H,23,25)/b13-12+. The molecule has 0 unspecified atom stereocenters. The third-order valence-electron chi connectivity index (χ3n) is 4.70. The molecule has 0 saturated carbocycles. The van der Waals surface area contributed by atoms with E-state index in [9.17, 15) is 13.2 Å². The normalized spacial score (nSPS) is 14.0. The molecule has 4 rings (SSSR count). The summed E-state index contributed by atoms with van der Waals surface area (Å²) in [6.07, 6.45) is 4.80. The second kappa shape index (κ2) is 8.23. The first kappa shape index (κ1) is 19.4. The van der Waals surface area contributed by atoms with Gasteiger partial charge < -0.3 is 5.32 Å². The number of rotatable bonds is 5. The van der Waals surface area contributed by atoms with Gasteiger partial charge in [-0.2, -0.15) is 0 Å². The monoisotopic (exact) mass is 424 g/mol. The summed E-state index contributed by atoms with van der Waals surface area (Å²) >= 11 is 1.55. The third-order valence-corrected chi connectivity index (χ3v) is 7.37. The molecule has 0 spiro atoms. The van der Waals surface area contributed by atoms with E-state index in [-0.39, 0.29) is 10.8 Å². The van der Waals surface area contributed by atoms with E-state index < -0.39 is 10.0 Å². The van der Waals surface area contributed by atoms with E-state index in [1.54, 1.807) is 53.8 Å². The van der Waals surface area contributed by atoms with Gasteiger partial charge >= 0.3 is 0 Å². The zero-order chi connectivity index (χ0) is 20.3. The fourth-order valence-electron chi connectivity index (χ4n) is 3.32. The van der Waals surface area contributed by atoms with Crippen molar-refractivity contribution in [1.29, 1.82) is 0 Å². The molecular weight excluding hydrogens is 404 g/mol. The molecule has 0 aliphatic carbocycles. The van der Waals surface area contributed by atoms with Crippen molar-refractivity contribution in [2.24, 2.45) is 0 Å². The molecule has 29 heavy (non-hydrogen) atoms. The minimum Gasteiger partial charge on any atom is -0.322 e. The Balaban J connectivity index is 1.60. The summed E-state index contributed by atoms with van der Waals surface area (Å²) in [6.45, 7) is 0.417. The fourth-order valence-corrected chi connectivity index (χ4v) is 5.49. The summed E-state index contributed by atoms with van der Waals surface area (Å²) in [4.78, 5) is 13.5. The van der Waals surface area contributed by atoms with Crippen LogP contribution in [0.3, 0.4) is 0 Å². The Morgan fingerprint density at radius 3 is 2.66 bits per heavy atom. The van der Waals surface area contributed by atoms with Crippen LogP contribution in [-0.2, 0) is 21.2 Å². The number of hydrogen-bond donors (Lipinski definition) is 1. The van der Waals surface area contributed by atoms with Crippen LogP contribution < -0.4 is 9.62 Å². The minimum absolute atomic E-state index is 0.258. The Kier molecular flexibility index (Phi) is 5.51. The summed E-state index contributed by atoms with van der Waals surface area (Å²) in [5.41, 5.74) is 2.16. The number of carbonyl (C=O) groups excluding carboxylic acids is 1. The molecule has 5 nitrogen and oxygen atoms in total. The van der Waals surface area contributed by atoms with Crippen LogP contribution in [-0.4, -0.2) is 20.9 Å². The van der Waals surface area contributed by atoms with Gasteiger partial charge in [0.2, 0.25) is 5.91 Å². The number of fused-ring (bicyclic) bond motifs is 1. The Labute approximate surface area is 174 Å². The van der Waals surface area contributed by atoms with Crippen LogP contribution in [0.25, 0.3) is 6.08 Å². The molecule has 0 bridgehead atoms. The van der Waals surface area contributed by atoms with Crippen molar-refractivity contribution in [2.75, 3.05) is 16.2 Å². The summed E-state index contributed by atoms with van der Waals surface area (Å²) in [6, 6.07) is 17.7. The van der Waals surface area contributed by atoms with E-state index in [0.717, 1.165) is 23.3 Å². The Hall–Kier alpha value is -2.90. The molecule has 2 heterocycles. The van der Waals surface area contributed by atoms with Gasteiger partial charge in [0.1, 0.15) is 0 Å². The van der Waals surface area contributed by atoms with Gasteiger partial charge in [-0.1, -0.05) is 30.3 Å². The molecule has 0 atom stereocenters. The van der Waals surface area contributed by atoms with Gasteiger partial charge in [-0.05, 0) is 60.2 Å². The number of anilines is 2. The maximum absolute atomic E-state index is 13.1. The van der Waals surface area contributed by atoms with Crippen molar-refractivity contribution in [2.45, 2.75) is 17.7 Å². The highest BCUT2D eigenvalue weighted by molar-refractivity contribution is 7.92. The highest BCUT2D eigenvalue weighted by Crippen LogP contribution is 2.34. The molecule has 1 aromatic heterocycles. The Morgan fingerprint density at radius 1 is 1.07 bits per heavy atom. The molecule has 0 saturated heterocycles. The number of sulfonamides is 1. The van der Waals surface area contributed by atoms with E-state index in [4.69, 9.17) is 0 Å². The molecule has 1 amide bonds. The number of nitrogens with zero attached hydrogens (tertiary/aromatic N) is 1. The predicted molar refractivity (Wildman–Crippen MR) is 118 cm³/mol. The molecule has 3 aromatic rings. The molecule has 7 heteroatoms. The number of carbonyl (C=O) groups is 1. The largest absolute Gasteiger partial charge is 0.322 e. The van der Waals surface area contributed by atoms with Crippen LogP contribution in [0.5, 0.6) is 0 Å². The third kappa shape index (κ3) is 4.26. The summed E-state index contributed by atoms with van der Waals surface area (Å²) in [5, 5.41) is 4.77. The Morgan fingerprint density at radius 2 is 1.90 bits per heavy atom. The van der Waals surface area contributed by atoms with Crippen molar-refractivity contribution in [1.82, 2.24) is 0 Å². The van der Waals surface area contributed by atoms with Crippen molar-refractivity contribution in [3.8, 4) is 0 Å². The quantitative estimate of drug-likeness (QED) is 0.612. The SMILES string of the molecule is O=C(/C=C/c1cccs1)Nc1ccc2c(c1)N(S(=O)(=O)c1ccccc1)CCC2. The van der Waals surface area contributed by atoms with E-state index in [0.29, 0.717) is 17.9 Å². The van der Waals surface area contributed by atoms with E-state index in [2.05, 4.69) is 5.32 Å². The Bertz CT molecular complexity index is 1140. The first-order valence-corrected chi connectivity index (χ1v) is 11.6. The fraction of sp³-hybridized carbons (Fsp3) is 0.136. The predicted octanol–water partition coefficient (Wildman–Crippen LogP) is 4.54. The highest BCUT2D eigenvalue weighted by Gasteiger charge is 2.29. The van der Waals surface area contributed by atoms with E-state index >= 15 is 0 Å². The lowest BCUT2D eigenvalue weighted by atomic mass is 10.0. The van der Waals surface area contributed by atoms with Gasteiger partial charge in [-0.3, -0.25) is 9.10 Å². The van der Waals surface area contributed by atoms with Gasteiger partial charge in [0, 0.05) is 23.2 Å². The molecule has 0 radical (unpaired) electrons. The lowest BCUT2D eigenvalue weighted by Crippen LogP contribution is -2.35. The average Bonchev–Trinajstić information content (AvgIpc) is 3.26. The van der Waals surface area contributed by atoms with Crippen molar-refractivity contribution in [3.63, 3.8) is 0 Å². The number of nitrogens with one attached hydrogen (secondary N) is 1. The highest BCUT2D eigenvalue weighted by atomic mass is 32.2. The summed E-state index contributed by atoms with van der Waals surface area (Å²) < 4.78 is 27.7. The van der Waals surface area contributed by atoms with Gasteiger partial charge in [0.15, 0.2) is 0 Å². The van der Waals surface area contributed by atoms with Gasteiger partial charge in [0.25, 0.3) is 10.0 Å². The molecule has 1 N–H and O–H groups in total. The zero-order valence-electron chi connectivity index (χ0n) is 15.6. The van der Waals surface area contributed by atoms with Crippen LogP contribution in [0, 0.1) is 0 Å². The molecule has 1 aliphatic heterocycles. The van der Waals surface area contributed by atoms with Crippen LogP contribution >= 0.6 is 11.3 Å².